The third-order valence-corrected chi connectivity index (χ3v) is 3.94. The highest BCUT2D eigenvalue weighted by Crippen LogP contribution is 2.23. The maximum Gasteiger partial charge on any atom is 0.339 e. The van der Waals surface area contributed by atoms with Crippen molar-refractivity contribution in [3.63, 3.8) is 0 Å². The average Bonchev–Trinajstić information content (AvgIpc) is 2.89. The maximum absolute atomic E-state index is 13.0. The number of hydrogen-bond acceptors (Lipinski definition) is 5. The smallest absolute Gasteiger partial charge is 0.339 e. The summed E-state index contributed by atoms with van der Waals surface area (Å²) in [6.07, 6.45) is 0. The van der Waals surface area contributed by atoms with Crippen molar-refractivity contribution >= 4 is 17.5 Å². The van der Waals surface area contributed by atoms with E-state index < -0.39 is 17.3 Å². The minimum Gasteiger partial charge on any atom is -0.465 e. The minimum atomic E-state index is -0.763. The van der Waals surface area contributed by atoms with E-state index in [0.717, 1.165) is 6.07 Å². The van der Waals surface area contributed by atoms with E-state index in [4.69, 9.17) is 9.15 Å². The van der Waals surface area contributed by atoms with Gasteiger partial charge in [0.05, 0.1) is 23.9 Å². The summed E-state index contributed by atoms with van der Waals surface area (Å²) < 4.78 is 11.6. The zero-order chi connectivity index (χ0) is 17.4. The van der Waals surface area contributed by atoms with Crippen LogP contribution in [0.2, 0.25) is 0 Å². The van der Waals surface area contributed by atoms with E-state index in [1.54, 1.807) is 44.2 Å². The lowest BCUT2D eigenvalue weighted by Gasteiger charge is -2.08. The lowest BCUT2D eigenvalue weighted by atomic mass is 10.00. The SMILES string of the molecule is COC(=O)c1cc(=O)n2c(C)c(C)oc2c1C(=O)c1ccccc1. The Bertz CT molecular complexity index is 1010. The number of pyridine rings is 1. The van der Waals surface area contributed by atoms with Crippen LogP contribution >= 0.6 is 0 Å². The second kappa shape index (κ2) is 5.81. The standard InChI is InChI=1S/C18H15NO5/c1-10-11(2)24-17-15(16(21)12-7-5-4-6-8-12)13(18(22)23-3)9-14(20)19(10)17/h4-9H,1-3H3. The van der Waals surface area contributed by atoms with Gasteiger partial charge in [0.2, 0.25) is 5.71 Å². The van der Waals surface area contributed by atoms with Crippen molar-refractivity contribution in [2.75, 3.05) is 7.11 Å². The number of aryl methyl sites for hydroxylation is 2. The van der Waals surface area contributed by atoms with Crippen molar-refractivity contribution < 1.29 is 18.7 Å². The number of rotatable bonds is 3. The first-order chi connectivity index (χ1) is 11.5. The Balaban J connectivity index is 2.41. The quantitative estimate of drug-likeness (QED) is 0.546. The van der Waals surface area contributed by atoms with Gasteiger partial charge in [0, 0.05) is 11.6 Å². The van der Waals surface area contributed by atoms with Gasteiger partial charge in [-0.1, -0.05) is 30.3 Å². The van der Waals surface area contributed by atoms with Crippen molar-refractivity contribution in [2.24, 2.45) is 0 Å². The van der Waals surface area contributed by atoms with Gasteiger partial charge in [-0.2, -0.15) is 0 Å². The summed E-state index contributed by atoms with van der Waals surface area (Å²) in [5, 5.41) is 0. The molecule has 0 saturated heterocycles. The molecule has 0 unspecified atom stereocenters. The molecule has 0 aliphatic carbocycles. The van der Waals surface area contributed by atoms with Crippen LogP contribution < -0.4 is 5.56 Å². The van der Waals surface area contributed by atoms with Crippen molar-refractivity contribution in [3.8, 4) is 0 Å². The number of carbonyl (C=O) groups excluding carboxylic acids is 2. The number of hydrogen-bond donors (Lipinski definition) is 0. The van der Waals surface area contributed by atoms with Gasteiger partial charge in [-0.15, -0.1) is 0 Å². The number of fused-ring (bicyclic) bond motifs is 1. The van der Waals surface area contributed by atoms with Crippen molar-refractivity contribution in [1.82, 2.24) is 4.40 Å². The summed E-state index contributed by atoms with van der Waals surface area (Å²) in [6, 6.07) is 9.59. The minimum absolute atomic E-state index is 0.0175. The van der Waals surface area contributed by atoms with Crippen LogP contribution in [-0.2, 0) is 4.74 Å². The van der Waals surface area contributed by atoms with E-state index in [1.165, 1.54) is 11.5 Å². The van der Waals surface area contributed by atoms with Gasteiger partial charge in [-0.3, -0.25) is 9.59 Å². The summed E-state index contributed by atoms with van der Waals surface area (Å²) >= 11 is 0. The Morgan fingerprint density at radius 1 is 1.12 bits per heavy atom. The summed E-state index contributed by atoms with van der Waals surface area (Å²) in [7, 11) is 1.19. The van der Waals surface area contributed by atoms with Gasteiger partial charge < -0.3 is 9.15 Å². The zero-order valence-corrected chi connectivity index (χ0v) is 13.5. The second-order valence-corrected chi connectivity index (χ2v) is 5.34. The first-order valence-electron chi connectivity index (χ1n) is 7.29. The van der Waals surface area contributed by atoms with Gasteiger partial charge in [-0.05, 0) is 13.8 Å². The maximum atomic E-state index is 13.0. The molecule has 0 fully saturated rings. The molecule has 122 valence electrons. The lowest BCUT2D eigenvalue weighted by molar-refractivity contribution is 0.0597. The number of methoxy groups -OCH3 is 1. The molecule has 2 heterocycles. The van der Waals surface area contributed by atoms with E-state index in [2.05, 4.69) is 0 Å². The topological polar surface area (TPSA) is 78.0 Å². The number of oxazole rings is 1. The van der Waals surface area contributed by atoms with Gasteiger partial charge in [-0.25, -0.2) is 9.20 Å². The molecule has 0 N–H and O–H groups in total. The first kappa shape index (κ1) is 15.7. The van der Waals surface area contributed by atoms with Gasteiger partial charge >= 0.3 is 5.97 Å². The fourth-order valence-corrected chi connectivity index (χ4v) is 2.60. The summed E-state index contributed by atoms with van der Waals surface area (Å²) in [5.74, 6) is -0.681. The molecule has 0 aliphatic heterocycles. The predicted molar refractivity (Wildman–Crippen MR) is 86.6 cm³/mol. The van der Waals surface area contributed by atoms with Crippen LogP contribution in [0.3, 0.4) is 0 Å². The number of esters is 1. The summed E-state index contributed by atoms with van der Waals surface area (Å²) in [5.41, 5.74) is 0.466. The van der Waals surface area contributed by atoms with E-state index in [1.807, 2.05) is 0 Å². The largest absolute Gasteiger partial charge is 0.465 e. The number of benzene rings is 1. The Kier molecular flexibility index (Phi) is 3.81. The first-order valence-corrected chi connectivity index (χ1v) is 7.29. The number of carbonyl (C=O) groups is 2. The van der Waals surface area contributed by atoms with Gasteiger partial charge in [0.1, 0.15) is 5.76 Å². The van der Waals surface area contributed by atoms with Crippen molar-refractivity contribution in [3.05, 3.63) is 74.9 Å². The summed E-state index contributed by atoms with van der Waals surface area (Å²) in [6.45, 7) is 3.40. The zero-order valence-electron chi connectivity index (χ0n) is 13.5. The Labute approximate surface area is 137 Å². The number of ether oxygens (including phenoxy) is 1. The van der Waals surface area contributed by atoms with E-state index in [0.29, 0.717) is 17.0 Å². The highest BCUT2D eigenvalue weighted by Gasteiger charge is 2.27. The molecule has 3 aromatic rings. The molecule has 2 aromatic heterocycles. The van der Waals surface area contributed by atoms with Crippen molar-refractivity contribution in [1.29, 1.82) is 0 Å². The number of aromatic nitrogens is 1. The number of nitrogens with zero attached hydrogens (tertiary/aromatic N) is 1. The van der Waals surface area contributed by atoms with E-state index >= 15 is 0 Å². The normalized spacial score (nSPS) is 10.8. The third kappa shape index (κ3) is 2.32. The molecule has 1 aromatic carbocycles. The van der Waals surface area contributed by atoms with E-state index in [9.17, 15) is 14.4 Å². The molecule has 0 amide bonds. The molecule has 24 heavy (non-hydrogen) atoms. The molecule has 0 bridgehead atoms. The van der Waals surface area contributed by atoms with Crippen LogP contribution in [0.25, 0.3) is 5.71 Å². The summed E-state index contributed by atoms with van der Waals surface area (Å²) in [4.78, 5) is 37.4. The Hall–Kier alpha value is -3.15. The Morgan fingerprint density at radius 2 is 1.79 bits per heavy atom. The monoisotopic (exact) mass is 325 g/mol. The molecule has 0 radical (unpaired) electrons. The highest BCUT2D eigenvalue weighted by molar-refractivity contribution is 6.17. The van der Waals surface area contributed by atoms with Crippen LogP contribution in [-0.4, -0.2) is 23.3 Å². The Morgan fingerprint density at radius 3 is 2.42 bits per heavy atom. The number of ketones is 1. The molecular formula is C18H15NO5. The molecule has 0 saturated carbocycles. The van der Waals surface area contributed by atoms with E-state index in [-0.39, 0.29) is 16.8 Å². The van der Waals surface area contributed by atoms with Crippen LogP contribution in [0.1, 0.15) is 37.7 Å². The van der Waals surface area contributed by atoms with Gasteiger partial charge in [0.25, 0.3) is 5.56 Å². The fourth-order valence-electron chi connectivity index (χ4n) is 2.60. The fraction of sp³-hybridized carbons (Fsp3) is 0.167. The third-order valence-electron chi connectivity index (χ3n) is 3.94. The lowest BCUT2D eigenvalue weighted by Crippen LogP contribution is -2.21. The predicted octanol–water partition coefficient (Wildman–Crippen LogP) is 2.53. The van der Waals surface area contributed by atoms with Crippen LogP contribution in [0, 0.1) is 13.8 Å². The molecule has 6 nitrogen and oxygen atoms in total. The highest BCUT2D eigenvalue weighted by atomic mass is 16.5. The molecule has 3 rings (SSSR count). The molecule has 6 heteroatoms. The molecule has 0 atom stereocenters. The molecular weight excluding hydrogens is 310 g/mol. The van der Waals surface area contributed by atoms with Crippen LogP contribution in [0.5, 0.6) is 0 Å². The molecule has 0 aliphatic rings. The van der Waals surface area contributed by atoms with Crippen LogP contribution in [0.4, 0.5) is 0 Å². The average molecular weight is 325 g/mol. The molecule has 0 spiro atoms. The van der Waals surface area contributed by atoms with Crippen LogP contribution in [0.15, 0.2) is 45.6 Å². The van der Waals surface area contributed by atoms with Gasteiger partial charge in [0.15, 0.2) is 5.78 Å². The van der Waals surface area contributed by atoms with Crippen molar-refractivity contribution in [2.45, 2.75) is 13.8 Å². The second-order valence-electron chi connectivity index (χ2n) is 5.34.